The van der Waals surface area contributed by atoms with Gasteiger partial charge in [0, 0.05) is 44.1 Å². The second-order valence-electron chi connectivity index (χ2n) is 4.68. The van der Waals surface area contributed by atoms with Gasteiger partial charge >= 0.3 is 6.01 Å². The molecule has 1 aliphatic rings. The van der Waals surface area contributed by atoms with Gasteiger partial charge in [0.05, 0.1) is 0 Å². The third-order valence-electron chi connectivity index (χ3n) is 3.25. The van der Waals surface area contributed by atoms with E-state index < -0.39 is 0 Å². The maximum atomic E-state index is 6.00. The molecule has 21 heavy (non-hydrogen) atoms. The van der Waals surface area contributed by atoms with E-state index >= 15 is 0 Å². The number of hydrogen-bond donors (Lipinski definition) is 1. The molecule has 1 N–H and O–H groups in total. The van der Waals surface area contributed by atoms with E-state index in [1.807, 2.05) is 18.2 Å². The lowest BCUT2D eigenvalue weighted by Gasteiger charge is -2.28. The standard InChI is InChI=1S/C14H16ClN5O/c15-13-11(2-1-4-17-13)10-21-14-18-5-3-12(19-14)20-8-6-16-7-9-20/h1-5,16H,6-10H2. The van der Waals surface area contributed by atoms with Crippen molar-refractivity contribution in [2.24, 2.45) is 0 Å². The van der Waals surface area contributed by atoms with Crippen LogP contribution in [0.5, 0.6) is 6.01 Å². The number of nitrogens with one attached hydrogen (secondary N) is 1. The lowest BCUT2D eigenvalue weighted by molar-refractivity contribution is 0.280. The number of aromatic nitrogens is 3. The minimum atomic E-state index is 0.303. The molecule has 1 fully saturated rings. The zero-order valence-electron chi connectivity index (χ0n) is 11.5. The molecule has 0 saturated carbocycles. The van der Waals surface area contributed by atoms with E-state index in [0.29, 0.717) is 17.8 Å². The third-order valence-corrected chi connectivity index (χ3v) is 3.59. The number of nitrogens with zero attached hydrogens (tertiary/aromatic N) is 4. The summed E-state index contributed by atoms with van der Waals surface area (Å²) in [4.78, 5) is 14.8. The first-order valence-electron chi connectivity index (χ1n) is 6.84. The Morgan fingerprint density at radius 3 is 2.86 bits per heavy atom. The second kappa shape index (κ2) is 6.69. The highest BCUT2D eigenvalue weighted by molar-refractivity contribution is 6.30. The molecule has 7 heteroatoms. The summed E-state index contributed by atoms with van der Waals surface area (Å²) in [7, 11) is 0. The van der Waals surface area contributed by atoms with Crippen LogP contribution >= 0.6 is 11.6 Å². The Labute approximate surface area is 128 Å². The van der Waals surface area contributed by atoms with E-state index in [4.69, 9.17) is 16.3 Å². The molecule has 3 rings (SSSR count). The van der Waals surface area contributed by atoms with Crippen LogP contribution in [0.3, 0.4) is 0 Å². The minimum Gasteiger partial charge on any atom is -0.458 e. The molecule has 0 aliphatic carbocycles. The van der Waals surface area contributed by atoms with Crippen LogP contribution in [-0.2, 0) is 6.61 Å². The molecule has 0 unspecified atom stereocenters. The molecule has 0 atom stereocenters. The van der Waals surface area contributed by atoms with E-state index in [-0.39, 0.29) is 0 Å². The van der Waals surface area contributed by atoms with Crippen molar-refractivity contribution in [3.05, 3.63) is 41.3 Å². The Bertz CT molecular complexity index is 603. The zero-order valence-corrected chi connectivity index (χ0v) is 12.3. The molecule has 6 nitrogen and oxygen atoms in total. The fraction of sp³-hybridized carbons (Fsp3) is 0.357. The van der Waals surface area contributed by atoms with Crippen LogP contribution in [0, 0.1) is 0 Å². The molecule has 3 heterocycles. The SMILES string of the molecule is Clc1ncccc1COc1nccc(N2CCNCC2)n1. The predicted octanol–water partition coefficient (Wildman–Crippen LogP) is 1.51. The van der Waals surface area contributed by atoms with Crippen LogP contribution in [-0.4, -0.2) is 41.1 Å². The summed E-state index contributed by atoms with van der Waals surface area (Å²) in [6.07, 6.45) is 3.36. The van der Waals surface area contributed by atoms with Crippen molar-refractivity contribution in [2.45, 2.75) is 6.61 Å². The maximum Gasteiger partial charge on any atom is 0.318 e. The first-order valence-corrected chi connectivity index (χ1v) is 7.21. The van der Waals surface area contributed by atoms with Gasteiger partial charge in [0.15, 0.2) is 0 Å². The Kier molecular flexibility index (Phi) is 4.47. The maximum absolute atomic E-state index is 6.00. The summed E-state index contributed by atoms with van der Waals surface area (Å²) in [5, 5.41) is 3.75. The van der Waals surface area contributed by atoms with Gasteiger partial charge in [-0.05, 0) is 12.1 Å². The van der Waals surface area contributed by atoms with E-state index in [2.05, 4.69) is 25.2 Å². The van der Waals surface area contributed by atoms with Crippen molar-refractivity contribution in [1.82, 2.24) is 20.3 Å². The van der Waals surface area contributed by atoms with Gasteiger partial charge in [-0.25, -0.2) is 9.97 Å². The monoisotopic (exact) mass is 305 g/mol. The molecule has 2 aromatic heterocycles. The summed E-state index contributed by atoms with van der Waals surface area (Å²) >= 11 is 6.00. The van der Waals surface area contributed by atoms with Gasteiger partial charge in [-0.1, -0.05) is 17.7 Å². The summed E-state index contributed by atoms with van der Waals surface area (Å²) in [5.74, 6) is 0.888. The summed E-state index contributed by atoms with van der Waals surface area (Å²) in [6.45, 7) is 4.10. The lowest BCUT2D eigenvalue weighted by Crippen LogP contribution is -2.43. The number of piperazine rings is 1. The van der Waals surface area contributed by atoms with Crippen molar-refractivity contribution in [1.29, 1.82) is 0 Å². The smallest absolute Gasteiger partial charge is 0.318 e. The Morgan fingerprint density at radius 2 is 2.05 bits per heavy atom. The predicted molar refractivity (Wildman–Crippen MR) is 80.7 cm³/mol. The number of hydrogen-bond acceptors (Lipinski definition) is 6. The normalized spacial score (nSPS) is 15.0. The Morgan fingerprint density at radius 1 is 1.19 bits per heavy atom. The van der Waals surface area contributed by atoms with Gasteiger partial charge in [0.25, 0.3) is 0 Å². The van der Waals surface area contributed by atoms with Crippen LogP contribution in [0.25, 0.3) is 0 Å². The number of rotatable bonds is 4. The molecule has 0 aromatic carbocycles. The Balaban J connectivity index is 1.67. The van der Waals surface area contributed by atoms with Gasteiger partial charge in [-0.3, -0.25) is 0 Å². The van der Waals surface area contributed by atoms with Gasteiger partial charge in [0.1, 0.15) is 17.6 Å². The topological polar surface area (TPSA) is 63.2 Å². The second-order valence-corrected chi connectivity index (χ2v) is 5.03. The van der Waals surface area contributed by atoms with Crippen LogP contribution in [0.1, 0.15) is 5.56 Å². The van der Waals surface area contributed by atoms with Crippen LogP contribution < -0.4 is 15.0 Å². The third kappa shape index (κ3) is 3.59. The molecule has 1 saturated heterocycles. The van der Waals surface area contributed by atoms with Gasteiger partial charge in [0.2, 0.25) is 0 Å². The summed E-state index contributed by atoms with van der Waals surface area (Å²) in [6, 6.07) is 5.94. The van der Waals surface area contributed by atoms with E-state index in [1.54, 1.807) is 12.4 Å². The van der Waals surface area contributed by atoms with E-state index in [9.17, 15) is 0 Å². The highest BCUT2D eigenvalue weighted by Gasteiger charge is 2.13. The largest absolute Gasteiger partial charge is 0.458 e. The molecule has 110 valence electrons. The number of pyridine rings is 1. The van der Waals surface area contributed by atoms with Crippen molar-refractivity contribution in [3.8, 4) is 6.01 Å². The fourth-order valence-corrected chi connectivity index (χ4v) is 2.31. The zero-order chi connectivity index (χ0) is 14.5. The van der Waals surface area contributed by atoms with Gasteiger partial charge in [-0.2, -0.15) is 4.98 Å². The molecule has 0 radical (unpaired) electrons. The number of anilines is 1. The minimum absolute atomic E-state index is 0.303. The number of ether oxygens (including phenoxy) is 1. The lowest BCUT2D eigenvalue weighted by atomic mass is 10.3. The quantitative estimate of drug-likeness (QED) is 0.864. The van der Waals surface area contributed by atoms with Crippen molar-refractivity contribution >= 4 is 17.4 Å². The average molecular weight is 306 g/mol. The first kappa shape index (κ1) is 14.0. The molecular weight excluding hydrogens is 290 g/mol. The highest BCUT2D eigenvalue weighted by Crippen LogP contribution is 2.17. The first-order chi connectivity index (χ1) is 10.3. The molecule has 0 bridgehead atoms. The van der Waals surface area contributed by atoms with Crippen LogP contribution in [0.2, 0.25) is 5.15 Å². The summed E-state index contributed by atoms with van der Waals surface area (Å²) in [5.41, 5.74) is 0.815. The van der Waals surface area contributed by atoms with Crippen LogP contribution in [0.15, 0.2) is 30.6 Å². The van der Waals surface area contributed by atoms with Crippen molar-refractivity contribution < 1.29 is 4.74 Å². The summed E-state index contributed by atoms with van der Waals surface area (Å²) < 4.78 is 5.62. The molecule has 0 amide bonds. The molecular formula is C14H16ClN5O. The fourth-order valence-electron chi connectivity index (χ4n) is 2.14. The van der Waals surface area contributed by atoms with Crippen LogP contribution in [0.4, 0.5) is 5.82 Å². The highest BCUT2D eigenvalue weighted by atomic mass is 35.5. The van der Waals surface area contributed by atoms with Crippen molar-refractivity contribution in [2.75, 3.05) is 31.1 Å². The molecule has 0 spiro atoms. The van der Waals surface area contributed by atoms with E-state index in [1.165, 1.54) is 0 Å². The molecule has 2 aromatic rings. The van der Waals surface area contributed by atoms with E-state index in [0.717, 1.165) is 37.6 Å². The van der Waals surface area contributed by atoms with Gasteiger partial charge < -0.3 is 15.0 Å². The molecule has 1 aliphatic heterocycles. The Hall–Kier alpha value is -1.92. The average Bonchev–Trinajstić information content (AvgIpc) is 2.55. The number of halogens is 1. The van der Waals surface area contributed by atoms with Gasteiger partial charge in [-0.15, -0.1) is 0 Å². The van der Waals surface area contributed by atoms with Crippen molar-refractivity contribution in [3.63, 3.8) is 0 Å².